The van der Waals surface area contributed by atoms with Gasteiger partial charge in [0.05, 0.1) is 12.6 Å². The van der Waals surface area contributed by atoms with E-state index in [0.29, 0.717) is 12.5 Å². The summed E-state index contributed by atoms with van der Waals surface area (Å²) in [6, 6.07) is 8.11. The highest BCUT2D eigenvalue weighted by Crippen LogP contribution is 2.32. The van der Waals surface area contributed by atoms with E-state index in [0.717, 1.165) is 49.0 Å². The fourth-order valence-electron chi connectivity index (χ4n) is 3.67. The number of carbonyl (C=O) groups excluding carboxylic acids is 1. The van der Waals surface area contributed by atoms with Gasteiger partial charge in [-0.1, -0.05) is 0 Å². The summed E-state index contributed by atoms with van der Waals surface area (Å²) in [5.41, 5.74) is 1.75. The first-order valence-corrected chi connectivity index (χ1v) is 10.0. The minimum Gasteiger partial charge on any atom is -0.497 e. The van der Waals surface area contributed by atoms with Crippen LogP contribution in [-0.4, -0.2) is 43.4 Å². The van der Waals surface area contributed by atoms with Gasteiger partial charge in [-0.15, -0.1) is 0 Å². The highest BCUT2D eigenvalue weighted by atomic mass is 16.6. The lowest BCUT2D eigenvalue weighted by Gasteiger charge is -2.34. The van der Waals surface area contributed by atoms with E-state index in [4.69, 9.17) is 9.47 Å². The molecule has 0 radical (unpaired) electrons. The normalized spacial score (nSPS) is 15.5. The number of methoxy groups -OCH3 is 1. The van der Waals surface area contributed by atoms with Crippen LogP contribution in [0.4, 0.5) is 10.5 Å². The minimum atomic E-state index is -0.453. The van der Waals surface area contributed by atoms with Crippen LogP contribution in [0, 0.1) is 5.92 Å². The fourth-order valence-corrected chi connectivity index (χ4v) is 3.67. The Morgan fingerprint density at radius 3 is 2.68 bits per heavy atom. The van der Waals surface area contributed by atoms with Crippen molar-refractivity contribution in [3.05, 3.63) is 30.5 Å². The highest BCUT2D eigenvalue weighted by molar-refractivity contribution is 5.92. The molecule has 1 fully saturated rings. The molecule has 152 valence electrons. The Kier molecular flexibility index (Phi) is 6.27. The van der Waals surface area contributed by atoms with Crippen molar-refractivity contribution < 1.29 is 14.3 Å². The molecular formula is C22H31N3O3. The van der Waals surface area contributed by atoms with Gasteiger partial charge in [-0.2, -0.15) is 0 Å². The van der Waals surface area contributed by atoms with Crippen LogP contribution in [-0.2, 0) is 4.74 Å². The quantitative estimate of drug-likeness (QED) is 0.828. The van der Waals surface area contributed by atoms with Crippen LogP contribution >= 0.6 is 0 Å². The van der Waals surface area contributed by atoms with Crippen molar-refractivity contribution in [3.63, 3.8) is 0 Å². The number of hydrogen-bond donors (Lipinski definition) is 1. The van der Waals surface area contributed by atoms with Crippen LogP contribution in [0.25, 0.3) is 10.9 Å². The molecule has 3 rings (SSSR count). The van der Waals surface area contributed by atoms with Crippen molar-refractivity contribution >= 4 is 22.7 Å². The number of pyridine rings is 1. The summed E-state index contributed by atoms with van der Waals surface area (Å²) in [6.45, 7) is 8.30. The molecule has 1 N–H and O–H groups in total. The standard InChI is InChI=1S/C22H31N3O3/c1-22(2,3)28-21(26)24-11-7-16-9-13-25(14-10-16)20-8-12-23-19-6-5-17(27-4)15-18(19)20/h5-6,8,12,15-16H,7,9-11,13-14H2,1-4H3,(H,24,26). The van der Waals surface area contributed by atoms with Crippen molar-refractivity contribution in [1.29, 1.82) is 0 Å². The zero-order valence-corrected chi connectivity index (χ0v) is 17.3. The number of fused-ring (bicyclic) bond motifs is 1. The number of hydrogen-bond acceptors (Lipinski definition) is 5. The molecule has 1 aliphatic heterocycles. The zero-order valence-electron chi connectivity index (χ0n) is 17.3. The molecule has 1 saturated heterocycles. The Balaban J connectivity index is 1.53. The van der Waals surface area contributed by atoms with E-state index < -0.39 is 5.60 Å². The predicted molar refractivity (Wildman–Crippen MR) is 112 cm³/mol. The van der Waals surface area contributed by atoms with Crippen LogP contribution in [0.3, 0.4) is 0 Å². The number of ether oxygens (including phenoxy) is 2. The van der Waals surface area contributed by atoms with Gasteiger partial charge in [0.15, 0.2) is 0 Å². The molecule has 0 unspecified atom stereocenters. The van der Waals surface area contributed by atoms with Crippen LogP contribution in [0.15, 0.2) is 30.5 Å². The molecule has 0 bridgehead atoms. The first kappa shape index (κ1) is 20.2. The van der Waals surface area contributed by atoms with E-state index in [1.54, 1.807) is 7.11 Å². The number of benzene rings is 1. The molecule has 2 aromatic rings. The van der Waals surface area contributed by atoms with Crippen molar-refractivity contribution in [2.75, 3.05) is 31.6 Å². The molecule has 1 amide bonds. The van der Waals surface area contributed by atoms with Gasteiger partial charge in [-0.05, 0) is 70.2 Å². The predicted octanol–water partition coefficient (Wildman–Crippen LogP) is 4.37. The molecule has 0 atom stereocenters. The summed E-state index contributed by atoms with van der Waals surface area (Å²) >= 11 is 0. The fraction of sp³-hybridized carbons (Fsp3) is 0.545. The molecule has 2 heterocycles. The smallest absolute Gasteiger partial charge is 0.407 e. The summed E-state index contributed by atoms with van der Waals surface area (Å²) in [5.74, 6) is 1.47. The lowest BCUT2D eigenvalue weighted by atomic mass is 9.93. The molecule has 6 nitrogen and oxygen atoms in total. The number of nitrogens with one attached hydrogen (secondary N) is 1. The number of aromatic nitrogens is 1. The van der Waals surface area contributed by atoms with E-state index in [9.17, 15) is 4.79 Å². The van der Waals surface area contributed by atoms with Gasteiger partial charge in [0.2, 0.25) is 0 Å². The third-order valence-electron chi connectivity index (χ3n) is 5.10. The maximum absolute atomic E-state index is 11.8. The van der Waals surface area contributed by atoms with E-state index in [1.807, 2.05) is 39.1 Å². The molecule has 0 spiro atoms. The van der Waals surface area contributed by atoms with E-state index in [2.05, 4.69) is 27.3 Å². The minimum absolute atomic E-state index is 0.331. The van der Waals surface area contributed by atoms with Gasteiger partial charge in [0.25, 0.3) is 0 Å². The van der Waals surface area contributed by atoms with Crippen LogP contribution in [0.5, 0.6) is 5.75 Å². The zero-order chi connectivity index (χ0) is 20.1. The molecule has 1 aromatic carbocycles. The molecule has 0 saturated carbocycles. The number of carbonyl (C=O) groups is 1. The second-order valence-corrected chi connectivity index (χ2v) is 8.36. The molecular weight excluding hydrogens is 354 g/mol. The van der Waals surface area contributed by atoms with Crippen LogP contribution in [0.2, 0.25) is 0 Å². The Bertz CT molecular complexity index is 808. The molecule has 28 heavy (non-hydrogen) atoms. The molecule has 1 aliphatic rings. The number of amides is 1. The Morgan fingerprint density at radius 1 is 1.25 bits per heavy atom. The van der Waals surface area contributed by atoms with Gasteiger partial charge in [-0.25, -0.2) is 4.79 Å². The summed E-state index contributed by atoms with van der Waals surface area (Å²) < 4.78 is 10.7. The summed E-state index contributed by atoms with van der Waals surface area (Å²) in [7, 11) is 1.69. The first-order chi connectivity index (χ1) is 13.4. The van der Waals surface area contributed by atoms with E-state index in [1.165, 1.54) is 5.69 Å². The molecule has 6 heteroatoms. The van der Waals surface area contributed by atoms with Crippen LogP contribution < -0.4 is 15.0 Å². The second-order valence-electron chi connectivity index (χ2n) is 8.36. The largest absolute Gasteiger partial charge is 0.497 e. The number of anilines is 1. The van der Waals surface area contributed by atoms with Crippen LogP contribution in [0.1, 0.15) is 40.0 Å². The lowest BCUT2D eigenvalue weighted by molar-refractivity contribution is 0.0524. The Labute approximate surface area is 167 Å². The Hall–Kier alpha value is -2.50. The second kappa shape index (κ2) is 8.67. The Morgan fingerprint density at radius 2 is 2.00 bits per heavy atom. The number of piperidine rings is 1. The third kappa shape index (κ3) is 5.27. The summed E-state index contributed by atoms with van der Waals surface area (Å²) in [4.78, 5) is 18.7. The topological polar surface area (TPSA) is 63.7 Å². The maximum Gasteiger partial charge on any atom is 0.407 e. The third-order valence-corrected chi connectivity index (χ3v) is 5.10. The van der Waals surface area contributed by atoms with Gasteiger partial charge >= 0.3 is 6.09 Å². The van der Waals surface area contributed by atoms with E-state index in [-0.39, 0.29) is 6.09 Å². The van der Waals surface area contributed by atoms with E-state index >= 15 is 0 Å². The number of alkyl carbamates (subject to hydrolysis) is 1. The van der Waals surface area contributed by atoms with Gasteiger partial charge < -0.3 is 19.7 Å². The van der Waals surface area contributed by atoms with Crippen molar-refractivity contribution in [2.24, 2.45) is 5.92 Å². The van der Waals surface area contributed by atoms with Crippen molar-refractivity contribution in [2.45, 2.75) is 45.6 Å². The van der Waals surface area contributed by atoms with Crippen molar-refractivity contribution in [1.82, 2.24) is 10.3 Å². The molecule has 1 aromatic heterocycles. The maximum atomic E-state index is 11.8. The molecule has 0 aliphatic carbocycles. The van der Waals surface area contributed by atoms with Gasteiger partial charge in [0.1, 0.15) is 11.4 Å². The average molecular weight is 386 g/mol. The highest BCUT2D eigenvalue weighted by Gasteiger charge is 2.22. The summed E-state index contributed by atoms with van der Waals surface area (Å²) in [5, 5.41) is 4.00. The monoisotopic (exact) mass is 385 g/mol. The van der Waals surface area contributed by atoms with Crippen molar-refractivity contribution in [3.8, 4) is 5.75 Å². The number of rotatable bonds is 5. The lowest BCUT2D eigenvalue weighted by Crippen LogP contribution is -2.36. The van der Waals surface area contributed by atoms with Gasteiger partial charge in [-0.3, -0.25) is 4.98 Å². The average Bonchev–Trinajstić information content (AvgIpc) is 2.66. The summed E-state index contributed by atoms with van der Waals surface area (Å²) in [6.07, 6.45) is 4.76. The van der Waals surface area contributed by atoms with Gasteiger partial charge in [0, 0.05) is 36.9 Å². The number of nitrogens with zero attached hydrogens (tertiary/aromatic N) is 2. The SMILES string of the molecule is COc1ccc2nccc(N3CCC(CCNC(=O)OC(C)(C)C)CC3)c2c1. The first-order valence-electron chi connectivity index (χ1n) is 10.0.